The SMILES string of the molecule is COc1cc(C=Nn2cnnc2)ccc1OCc1ccc(Br)cc1. The Bertz CT molecular complexity index is 817. The number of ether oxygens (including phenoxy) is 2. The van der Waals surface area contributed by atoms with Gasteiger partial charge in [0.25, 0.3) is 0 Å². The Hall–Kier alpha value is -2.67. The maximum atomic E-state index is 5.85. The lowest BCUT2D eigenvalue weighted by atomic mass is 10.2. The molecule has 0 N–H and O–H groups in total. The quantitative estimate of drug-likeness (QED) is 0.608. The standard InChI is InChI=1S/C17H15BrN4O2/c1-23-17-8-14(9-21-22-11-19-20-12-22)4-7-16(17)24-10-13-2-5-15(18)6-3-13/h2-9,11-12H,10H2,1H3. The third kappa shape index (κ3) is 4.20. The van der Waals surface area contributed by atoms with E-state index < -0.39 is 0 Å². The molecule has 0 spiro atoms. The largest absolute Gasteiger partial charge is 0.493 e. The molecule has 122 valence electrons. The molecule has 0 aliphatic heterocycles. The lowest BCUT2D eigenvalue weighted by Crippen LogP contribution is -1.98. The molecule has 0 aliphatic rings. The van der Waals surface area contributed by atoms with Gasteiger partial charge in [0, 0.05) is 4.47 Å². The normalized spacial score (nSPS) is 10.9. The van der Waals surface area contributed by atoms with Crippen LogP contribution in [0.5, 0.6) is 11.5 Å². The highest BCUT2D eigenvalue weighted by molar-refractivity contribution is 9.10. The van der Waals surface area contributed by atoms with Crippen LogP contribution in [0, 0.1) is 0 Å². The molecule has 0 radical (unpaired) electrons. The van der Waals surface area contributed by atoms with Crippen molar-refractivity contribution >= 4 is 22.1 Å². The molecule has 6 nitrogen and oxygen atoms in total. The van der Waals surface area contributed by atoms with Crippen molar-refractivity contribution in [1.82, 2.24) is 14.9 Å². The van der Waals surface area contributed by atoms with E-state index >= 15 is 0 Å². The molecular weight excluding hydrogens is 372 g/mol. The summed E-state index contributed by atoms with van der Waals surface area (Å²) in [6, 6.07) is 13.6. The van der Waals surface area contributed by atoms with Crippen LogP contribution >= 0.6 is 15.9 Å². The second-order valence-electron chi connectivity index (χ2n) is 4.91. The van der Waals surface area contributed by atoms with Crippen LogP contribution in [0.3, 0.4) is 0 Å². The van der Waals surface area contributed by atoms with Crippen molar-refractivity contribution < 1.29 is 9.47 Å². The van der Waals surface area contributed by atoms with Crippen LogP contribution in [-0.4, -0.2) is 28.2 Å². The van der Waals surface area contributed by atoms with Gasteiger partial charge in [-0.15, -0.1) is 10.2 Å². The monoisotopic (exact) mass is 386 g/mol. The van der Waals surface area contributed by atoms with Crippen LogP contribution < -0.4 is 9.47 Å². The zero-order valence-corrected chi connectivity index (χ0v) is 14.5. The van der Waals surface area contributed by atoms with E-state index in [0.717, 1.165) is 15.6 Å². The molecule has 2 aromatic carbocycles. The van der Waals surface area contributed by atoms with E-state index in [0.29, 0.717) is 18.1 Å². The molecule has 0 bridgehead atoms. The van der Waals surface area contributed by atoms with Gasteiger partial charge in [0.1, 0.15) is 19.3 Å². The summed E-state index contributed by atoms with van der Waals surface area (Å²) in [6.07, 6.45) is 4.73. The van der Waals surface area contributed by atoms with Crippen molar-refractivity contribution in [2.75, 3.05) is 7.11 Å². The first kappa shape index (κ1) is 16.2. The number of halogens is 1. The van der Waals surface area contributed by atoms with Crippen molar-refractivity contribution in [2.45, 2.75) is 6.61 Å². The summed E-state index contributed by atoms with van der Waals surface area (Å²) in [4.78, 5) is 0. The molecule has 3 aromatic rings. The van der Waals surface area contributed by atoms with E-state index in [-0.39, 0.29) is 0 Å². The molecule has 1 heterocycles. The second kappa shape index (κ2) is 7.74. The molecule has 7 heteroatoms. The molecule has 0 amide bonds. The van der Waals surface area contributed by atoms with Gasteiger partial charge in [-0.25, -0.2) is 4.68 Å². The first-order valence-corrected chi connectivity index (χ1v) is 7.98. The molecule has 0 fully saturated rings. The van der Waals surface area contributed by atoms with E-state index in [9.17, 15) is 0 Å². The van der Waals surface area contributed by atoms with Crippen LogP contribution in [0.25, 0.3) is 0 Å². The van der Waals surface area contributed by atoms with Crippen molar-refractivity contribution in [2.24, 2.45) is 5.10 Å². The molecule has 0 aliphatic carbocycles. The van der Waals surface area contributed by atoms with Crippen molar-refractivity contribution in [3.63, 3.8) is 0 Å². The van der Waals surface area contributed by atoms with Crippen LogP contribution in [-0.2, 0) is 6.61 Å². The highest BCUT2D eigenvalue weighted by Gasteiger charge is 2.06. The Kier molecular flexibility index (Phi) is 5.22. The fraction of sp³-hybridized carbons (Fsp3) is 0.118. The summed E-state index contributed by atoms with van der Waals surface area (Å²) in [6.45, 7) is 0.470. The highest BCUT2D eigenvalue weighted by atomic mass is 79.9. The Balaban J connectivity index is 1.70. The van der Waals surface area contributed by atoms with Gasteiger partial charge in [-0.2, -0.15) is 5.10 Å². The summed E-state index contributed by atoms with van der Waals surface area (Å²) in [7, 11) is 1.61. The maximum Gasteiger partial charge on any atom is 0.161 e. The van der Waals surface area contributed by atoms with Gasteiger partial charge in [0.15, 0.2) is 11.5 Å². The molecule has 0 saturated carbocycles. The smallest absolute Gasteiger partial charge is 0.161 e. The number of rotatable bonds is 6. The Morgan fingerprint density at radius 1 is 1.08 bits per heavy atom. The Labute approximate surface area is 147 Å². The van der Waals surface area contributed by atoms with Gasteiger partial charge >= 0.3 is 0 Å². The zero-order valence-electron chi connectivity index (χ0n) is 13.0. The lowest BCUT2D eigenvalue weighted by Gasteiger charge is -2.11. The topological polar surface area (TPSA) is 61.5 Å². The number of aromatic nitrogens is 3. The summed E-state index contributed by atoms with van der Waals surface area (Å²) in [5, 5.41) is 11.6. The second-order valence-corrected chi connectivity index (χ2v) is 5.83. The number of methoxy groups -OCH3 is 1. The van der Waals surface area contributed by atoms with Gasteiger partial charge in [-0.1, -0.05) is 28.1 Å². The lowest BCUT2D eigenvalue weighted by molar-refractivity contribution is 0.284. The average Bonchev–Trinajstić information content (AvgIpc) is 3.13. The fourth-order valence-corrected chi connectivity index (χ4v) is 2.28. The summed E-state index contributed by atoms with van der Waals surface area (Å²) in [5.41, 5.74) is 1.97. The fourth-order valence-electron chi connectivity index (χ4n) is 2.01. The number of nitrogens with zero attached hydrogens (tertiary/aromatic N) is 4. The van der Waals surface area contributed by atoms with Crippen molar-refractivity contribution in [3.8, 4) is 11.5 Å². The highest BCUT2D eigenvalue weighted by Crippen LogP contribution is 2.28. The predicted molar refractivity (Wildman–Crippen MR) is 94.5 cm³/mol. The van der Waals surface area contributed by atoms with Crippen LogP contribution in [0.2, 0.25) is 0 Å². The maximum absolute atomic E-state index is 5.85. The minimum absolute atomic E-state index is 0.470. The number of benzene rings is 2. The predicted octanol–water partition coefficient (Wildman–Crippen LogP) is 3.51. The molecule has 3 rings (SSSR count). The number of hydrogen-bond donors (Lipinski definition) is 0. The van der Waals surface area contributed by atoms with E-state index in [4.69, 9.17) is 9.47 Å². The first-order valence-electron chi connectivity index (χ1n) is 7.19. The minimum Gasteiger partial charge on any atom is -0.493 e. The third-order valence-electron chi connectivity index (χ3n) is 3.24. The van der Waals surface area contributed by atoms with E-state index in [1.54, 1.807) is 13.3 Å². The number of hydrogen-bond acceptors (Lipinski definition) is 5. The minimum atomic E-state index is 0.470. The third-order valence-corrected chi connectivity index (χ3v) is 3.77. The summed E-state index contributed by atoms with van der Waals surface area (Å²) < 4.78 is 13.8. The zero-order chi connectivity index (χ0) is 16.8. The van der Waals surface area contributed by atoms with Crippen molar-refractivity contribution in [3.05, 3.63) is 70.7 Å². The van der Waals surface area contributed by atoms with Crippen LogP contribution in [0.15, 0.2) is 64.7 Å². The van der Waals surface area contributed by atoms with E-state index in [2.05, 4.69) is 31.2 Å². The van der Waals surface area contributed by atoms with Crippen molar-refractivity contribution in [1.29, 1.82) is 0 Å². The molecule has 0 atom stereocenters. The van der Waals surface area contributed by atoms with Crippen LogP contribution in [0.1, 0.15) is 11.1 Å². The Morgan fingerprint density at radius 2 is 1.83 bits per heavy atom. The van der Waals surface area contributed by atoms with Crippen LogP contribution in [0.4, 0.5) is 0 Å². The van der Waals surface area contributed by atoms with E-state index in [1.165, 1.54) is 17.3 Å². The molecule has 1 aromatic heterocycles. The van der Waals surface area contributed by atoms with Gasteiger partial charge in [-0.05, 0) is 41.5 Å². The molecule has 0 saturated heterocycles. The summed E-state index contributed by atoms with van der Waals surface area (Å²) >= 11 is 3.42. The molecular formula is C17H15BrN4O2. The van der Waals surface area contributed by atoms with Gasteiger partial charge in [0.05, 0.1) is 13.3 Å². The van der Waals surface area contributed by atoms with E-state index in [1.807, 2.05) is 42.5 Å². The van der Waals surface area contributed by atoms with Gasteiger partial charge < -0.3 is 9.47 Å². The van der Waals surface area contributed by atoms with Gasteiger partial charge in [0.2, 0.25) is 0 Å². The summed E-state index contributed by atoms with van der Waals surface area (Å²) in [5.74, 6) is 1.33. The Morgan fingerprint density at radius 3 is 2.54 bits per heavy atom. The molecule has 24 heavy (non-hydrogen) atoms. The van der Waals surface area contributed by atoms with Gasteiger partial charge in [-0.3, -0.25) is 0 Å². The first-order chi connectivity index (χ1) is 11.7. The average molecular weight is 387 g/mol. The molecule has 0 unspecified atom stereocenters.